The van der Waals surface area contributed by atoms with Crippen LogP contribution >= 0.6 is 0 Å². The van der Waals surface area contributed by atoms with E-state index >= 15 is 0 Å². The van der Waals surface area contributed by atoms with Crippen LogP contribution in [0.3, 0.4) is 0 Å². The average Bonchev–Trinajstić information content (AvgIpc) is 2.80. The van der Waals surface area contributed by atoms with E-state index in [1.54, 1.807) is 6.07 Å². The van der Waals surface area contributed by atoms with E-state index in [4.69, 9.17) is 21.8 Å². The Balaban J connectivity index is 0.000000418. The molecular weight excluding hydrogens is 652 g/mol. The van der Waals surface area contributed by atoms with Gasteiger partial charge < -0.3 is 25.3 Å². The number of allylic oxidation sites excluding steroid dienone is 1. The van der Waals surface area contributed by atoms with Crippen molar-refractivity contribution < 1.29 is 21.1 Å². The molecule has 0 fully saturated rings. The van der Waals surface area contributed by atoms with Crippen LogP contribution in [0, 0.1) is 17.9 Å². The van der Waals surface area contributed by atoms with Crippen LogP contribution in [0.2, 0.25) is 0 Å². The molecule has 0 atom stereocenters. The predicted molar refractivity (Wildman–Crippen MR) is 146 cm³/mol. The van der Waals surface area contributed by atoms with E-state index in [0.29, 0.717) is 0 Å². The van der Waals surface area contributed by atoms with E-state index in [0.717, 1.165) is 16.4 Å². The van der Waals surface area contributed by atoms with Crippen LogP contribution in [0.15, 0.2) is 58.7 Å². The van der Waals surface area contributed by atoms with Crippen molar-refractivity contribution in [3.8, 4) is 6.07 Å². The van der Waals surface area contributed by atoms with Crippen molar-refractivity contribution in [2.24, 2.45) is 0 Å². The molecule has 0 radical (unpaired) electrons. The fourth-order valence-electron chi connectivity index (χ4n) is 4.04. The number of nitrogens with zero attached hydrogens (tertiary/aromatic N) is 4. The maximum Gasteiger partial charge on any atom is 2.00 e. The Labute approximate surface area is 232 Å². The van der Waals surface area contributed by atoms with Gasteiger partial charge >= 0.3 is 21.1 Å². The smallest absolute Gasteiger partial charge is 0.812 e. The molecule has 2 aromatic carbocycles. The Morgan fingerprint density at radius 3 is 1.57 bits per heavy atom. The summed E-state index contributed by atoms with van der Waals surface area (Å²) < 4.78 is 0. The summed E-state index contributed by atoms with van der Waals surface area (Å²) in [5.41, 5.74) is 4.91. The van der Waals surface area contributed by atoms with Gasteiger partial charge in [0, 0.05) is 33.6 Å². The summed E-state index contributed by atoms with van der Waals surface area (Å²) in [4.78, 5) is 12.2. The van der Waals surface area contributed by atoms with Crippen molar-refractivity contribution in [1.29, 1.82) is 5.26 Å². The summed E-state index contributed by atoms with van der Waals surface area (Å²) in [6.45, 7) is 19.8. The van der Waals surface area contributed by atoms with E-state index in [-0.39, 0.29) is 41.8 Å². The minimum absolute atomic E-state index is 0. The molecule has 4 nitrogen and oxygen atoms in total. The van der Waals surface area contributed by atoms with E-state index in [1.165, 1.54) is 27.3 Å². The molecule has 2 heterocycles. The summed E-state index contributed by atoms with van der Waals surface area (Å²) in [6.07, 6.45) is 3.88. The summed E-state index contributed by atoms with van der Waals surface area (Å²) in [6, 6.07) is 14.7. The first-order chi connectivity index (χ1) is 15.9. The molecule has 0 saturated heterocycles. The van der Waals surface area contributed by atoms with Crippen LogP contribution in [-0.4, -0.2) is 9.97 Å². The fraction of sp³-hybridized carbons (Fsp3) is 0.286. The van der Waals surface area contributed by atoms with E-state index in [9.17, 15) is 0 Å². The van der Waals surface area contributed by atoms with Gasteiger partial charge in [0.25, 0.3) is 0 Å². The minimum atomic E-state index is -0.123. The van der Waals surface area contributed by atoms with Crippen molar-refractivity contribution in [1.82, 2.24) is 9.97 Å². The van der Waals surface area contributed by atoms with Gasteiger partial charge in [-0.2, -0.15) is 5.26 Å². The van der Waals surface area contributed by atoms with Gasteiger partial charge in [0.1, 0.15) is 0 Å². The number of hydrogen-bond donors (Lipinski definition) is 0. The Hall–Kier alpha value is -2.63. The van der Waals surface area contributed by atoms with Crippen LogP contribution in [0.1, 0.15) is 52.7 Å². The standard InChI is InChI=1S/C24H26N2.C4H2N2S2.Pt/c1-23(2,3)18-11-13-25-21-16(18)9-7-15-8-10-17-19(24(4,5)6)12-14-26-22(17)20(15)21;1-6-4(8)3(7)2-5;/h7-14H,1-6H3;7-8H;/q;;+2/p-2/b;4-3-;. The maximum atomic E-state index is 8.01. The van der Waals surface area contributed by atoms with Crippen LogP contribution in [0.5, 0.6) is 0 Å². The van der Waals surface area contributed by atoms with Gasteiger partial charge in [-0.15, -0.1) is 4.91 Å². The molecule has 0 N–H and O–H groups in total. The van der Waals surface area contributed by atoms with Crippen molar-refractivity contribution in [2.45, 2.75) is 52.4 Å². The van der Waals surface area contributed by atoms with Crippen LogP contribution < -0.4 is 0 Å². The number of benzene rings is 2. The van der Waals surface area contributed by atoms with Crippen LogP contribution in [-0.2, 0) is 57.2 Å². The Morgan fingerprint density at radius 2 is 1.26 bits per heavy atom. The molecule has 0 unspecified atom stereocenters. The molecule has 35 heavy (non-hydrogen) atoms. The molecule has 7 heteroatoms. The van der Waals surface area contributed by atoms with Gasteiger partial charge in [-0.3, -0.25) is 14.8 Å². The van der Waals surface area contributed by atoms with Gasteiger partial charge in [-0.05, 0) is 39.5 Å². The predicted octanol–water partition coefficient (Wildman–Crippen LogP) is 7.22. The second-order valence-electron chi connectivity index (χ2n) is 10.1. The number of nitriles is 1. The number of fused-ring (bicyclic) bond motifs is 5. The Morgan fingerprint density at radius 1 is 0.829 bits per heavy atom. The summed E-state index contributed by atoms with van der Waals surface area (Å²) in [5.74, 6) is 0. The van der Waals surface area contributed by atoms with Gasteiger partial charge in [-0.25, -0.2) is 0 Å². The molecule has 180 valence electrons. The third-order valence-corrected chi connectivity index (χ3v) is 6.32. The summed E-state index contributed by atoms with van der Waals surface area (Å²) in [7, 11) is 0. The molecular formula is C28H26N4PtS2. The molecule has 4 rings (SSSR count). The zero-order chi connectivity index (χ0) is 25.3. The molecule has 0 spiro atoms. The zero-order valence-corrected chi connectivity index (χ0v) is 24.4. The number of aromatic nitrogens is 2. The maximum absolute atomic E-state index is 8.01. The van der Waals surface area contributed by atoms with Gasteiger partial charge in [0.2, 0.25) is 0 Å². The third-order valence-electron chi connectivity index (χ3n) is 5.62. The number of pyridine rings is 2. The quantitative estimate of drug-likeness (QED) is 0.0852. The number of rotatable bonds is 0. The first-order valence-corrected chi connectivity index (χ1v) is 11.7. The zero-order valence-electron chi connectivity index (χ0n) is 20.5. The summed E-state index contributed by atoms with van der Waals surface area (Å²) in [5, 5.41) is 12.7. The normalized spacial score (nSPS) is 12.1. The van der Waals surface area contributed by atoms with E-state index in [2.05, 4.69) is 108 Å². The first kappa shape index (κ1) is 28.6. The van der Waals surface area contributed by atoms with E-state index in [1.807, 2.05) is 12.4 Å². The SMILES string of the molecule is CC(C)(C)c1ccnc2c1ccc1ccc3c(C(C)(C)C)ccnc3c12.[C-]#[N+]/C([S-])=C(/[S-])C#N.[Pt+2]. The largest absolute Gasteiger partial charge is 2.00 e. The van der Waals surface area contributed by atoms with Crippen molar-refractivity contribution in [2.75, 3.05) is 0 Å². The van der Waals surface area contributed by atoms with Gasteiger partial charge in [-0.1, -0.05) is 65.8 Å². The third kappa shape index (κ3) is 5.96. The minimum Gasteiger partial charge on any atom is -0.812 e. The van der Waals surface area contributed by atoms with Crippen molar-refractivity contribution in [3.63, 3.8) is 0 Å². The van der Waals surface area contributed by atoms with E-state index < -0.39 is 0 Å². The molecule has 0 aliphatic heterocycles. The molecule has 0 aliphatic carbocycles. The molecule has 2 aromatic heterocycles. The van der Waals surface area contributed by atoms with Gasteiger partial charge in [0.05, 0.1) is 23.7 Å². The van der Waals surface area contributed by atoms with Crippen molar-refractivity contribution in [3.05, 3.63) is 81.3 Å². The summed E-state index contributed by atoms with van der Waals surface area (Å²) >= 11 is 8.72. The fourth-order valence-corrected chi connectivity index (χ4v) is 4.13. The van der Waals surface area contributed by atoms with Gasteiger partial charge in [0.15, 0.2) is 0 Å². The Kier molecular flexibility index (Phi) is 8.96. The second kappa shape index (κ2) is 11.0. The van der Waals surface area contributed by atoms with Crippen molar-refractivity contribution >= 4 is 57.8 Å². The Bertz CT molecular complexity index is 1400. The van der Waals surface area contributed by atoms with Crippen LogP contribution in [0.25, 0.3) is 37.4 Å². The average molecular weight is 678 g/mol. The molecule has 0 bridgehead atoms. The molecule has 4 aromatic rings. The monoisotopic (exact) mass is 677 g/mol. The topological polar surface area (TPSA) is 53.9 Å². The molecule has 0 amide bonds. The second-order valence-corrected chi connectivity index (χ2v) is 10.9. The molecule has 0 saturated carbocycles. The first-order valence-electron chi connectivity index (χ1n) is 10.9. The number of hydrogen-bond acceptors (Lipinski definition) is 5. The molecule has 0 aliphatic rings. The van der Waals surface area contributed by atoms with Crippen LogP contribution in [0.4, 0.5) is 0 Å².